The molecule has 0 bridgehead atoms. The van der Waals surface area contributed by atoms with Gasteiger partial charge in [0.25, 0.3) is 5.91 Å². The van der Waals surface area contributed by atoms with Crippen LogP contribution in [-0.2, 0) is 9.53 Å². The van der Waals surface area contributed by atoms with Crippen molar-refractivity contribution in [3.8, 4) is 0 Å². The van der Waals surface area contributed by atoms with Gasteiger partial charge in [-0.1, -0.05) is 56.3 Å². The van der Waals surface area contributed by atoms with Gasteiger partial charge in [-0.25, -0.2) is 4.79 Å². The quantitative estimate of drug-likeness (QED) is 0.801. The van der Waals surface area contributed by atoms with E-state index < -0.39 is 12.1 Å². The molecule has 4 nitrogen and oxygen atoms in total. The predicted molar refractivity (Wildman–Crippen MR) is 98.4 cm³/mol. The van der Waals surface area contributed by atoms with Gasteiger partial charge in [0, 0.05) is 0 Å². The van der Waals surface area contributed by atoms with Crippen molar-refractivity contribution in [2.75, 3.05) is 0 Å². The number of benzene rings is 2. The SMILES string of the molecule is CC(OC(=O)c1ccc(C(C)C)cc1)C(=O)NC(C)c1ccccc1. The van der Waals surface area contributed by atoms with Crippen LogP contribution in [0.4, 0.5) is 0 Å². The third kappa shape index (κ3) is 5.18. The molecule has 0 aromatic heterocycles. The molecular weight excluding hydrogens is 314 g/mol. The molecule has 0 aliphatic heterocycles. The largest absolute Gasteiger partial charge is 0.449 e. The van der Waals surface area contributed by atoms with Crippen molar-refractivity contribution in [2.24, 2.45) is 0 Å². The fraction of sp³-hybridized carbons (Fsp3) is 0.333. The summed E-state index contributed by atoms with van der Waals surface area (Å²) in [5.74, 6) is -0.414. The van der Waals surface area contributed by atoms with E-state index in [2.05, 4.69) is 19.2 Å². The van der Waals surface area contributed by atoms with Crippen molar-refractivity contribution >= 4 is 11.9 Å². The highest BCUT2D eigenvalue weighted by Gasteiger charge is 2.20. The van der Waals surface area contributed by atoms with Gasteiger partial charge in [-0.15, -0.1) is 0 Å². The zero-order chi connectivity index (χ0) is 18.4. The third-order valence-electron chi connectivity index (χ3n) is 4.12. The summed E-state index contributed by atoms with van der Waals surface area (Å²) in [5, 5.41) is 2.86. The average Bonchev–Trinajstić information content (AvgIpc) is 2.62. The fourth-order valence-electron chi connectivity index (χ4n) is 2.44. The zero-order valence-corrected chi connectivity index (χ0v) is 15.2. The van der Waals surface area contributed by atoms with Gasteiger partial charge in [0.1, 0.15) is 0 Å². The standard InChI is InChI=1S/C21H25NO3/c1-14(2)17-10-12-19(13-11-17)21(24)25-16(4)20(23)22-15(3)18-8-6-5-7-9-18/h5-16H,1-4H3,(H,22,23). The first kappa shape index (κ1) is 18.7. The van der Waals surface area contributed by atoms with Gasteiger partial charge in [0.05, 0.1) is 11.6 Å². The van der Waals surface area contributed by atoms with Crippen LogP contribution in [0, 0.1) is 0 Å². The van der Waals surface area contributed by atoms with E-state index in [1.807, 2.05) is 49.4 Å². The molecule has 0 saturated carbocycles. The lowest BCUT2D eigenvalue weighted by molar-refractivity contribution is -0.129. The van der Waals surface area contributed by atoms with Gasteiger partial charge in [0.2, 0.25) is 0 Å². The third-order valence-corrected chi connectivity index (χ3v) is 4.12. The molecule has 0 radical (unpaired) electrons. The van der Waals surface area contributed by atoms with Crippen molar-refractivity contribution < 1.29 is 14.3 Å². The molecule has 2 rings (SSSR count). The Kier molecular flexibility index (Phi) is 6.34. The molecule has 0 aliphatic rings. The molecule has 132 valence electrons. The first-order valence-electron chi connectivity index (χ1n) is 8.54. The molecule has 2 aromatic carbocycles. The van der Waals surface area contributed by atoms with Crippen LogP contribution >= 0.6 is 0 Å². The molecule has 1 amide bonds. The summed E-state index contributed by atoms with van der Waals surface area (Å²) in [7, 11) is 0. The van der Waals surface area contributed by atoms with Gasteiger partial charge in [-0.2, -0.15) is 0 Å². The van der Waals surface area contributed by atoms with E-state index in [0.29, 0.717) is 11.5 Å². The summed E-state index contributed by atoms with van der Waals surface area (Å²) < 4.78 is 5.28. The Labute approximate surface area is 149 Å². The van der Waals surface area contributed by atoms with E-state index >= 15 is 0 Å². The minimum absolute atomic E-state index is 0.153. The van der Waals surface area contributed by atoms with Gasteiger partial charge >= 0.3 is 5.97 Å². The number of amides is 1. The molecule has 25 heavy (non-hydrogen) atoms. The number of hydrogen-bond acceptors (Lipinski definition) is 3. The molecule has 2 unspecified atom stereocenters. The topological polar surface area (TPSA) is 55.4 Å². The van der Waals surface area contributed by atoms with Gasteiger partial charge in [-0.05, 0) is 43.0 Å². The van der Waals surface area contributed by atoms with E-state index in [1.165, 1.54) is 0 Å². The second-order valence-electron chi connectivity index (χ2n) is 6.47. The lowest BCUT2D eigenvalue weighted by Gasteiger charge is -2.18. The van der Waals surface area contributed by atoms with Crippen molar-refractivity contribution in [1.29, 1.82) is 0 Å². The Bertz CT molecular complexity index is 708. The maximum atomic E-state index is 12.2. The van der Waals surface area contributed by atoms with Crippen molar-refractivity contribution in [3.63, 3.8) is 0 Å². The normalized spacial score (nSPS) is 13.2. The zero-order valence-electron chi connectivity index (χ0n) is 15.2. The number of hydrogen-bond donors (Lipinski definition) is 1. The summed E-state index contributed by atoms with van der Waals surface area (Å²) in [6.45, 7) is 7.65. The second kappa shape index (κ2) is 8.47. The minimum Gasteiger partial charge on any atom is -0.449 e. The average molecular weight is 339 g/mol. The minimum atomic E-state index is -0.858. The molecule has 1 N–H and O–H groups in total. The van der Waals surface area contributed by atoms with Gasteiger partial charge in [0.15, 0.2) is 6.10 Å². The Hall–Kier alpha value is -2.62. The van der Waals surface area contributed by atoms with Gasteiger partial charge in [-0.3, -0.25) is 4.79 Å². The molecule has 4 heteroatoms. The van der Waals surface area contributed by atoms with Crippen LogP contribution in [0.15, 0.2) is 54.6 Å². The van der Waals surface area contributed by atoms with Crippen molar-refractivity contribution in [2.45, 2.75) is 45.8 Å². The molecule has 0 heterocycles. The van der Waals surface area contributed by atoms with Crippen LogP contribution in [0.2, 0.25) is 0 Å². The predicted octanol–water partition coefficient (Wildman–Crippen LogP) is 4.23. The summed E-state index contributed by atoms with van der Waals surface area (Å²) in [4.78, 5) is 24.4. The Balaban J connectivity index is 1.92. The van der Waals surface area contributed by atoms with Crippen LogP contribution in [0.3, 0.4) is 0 Å². The van der Waals surface area contributed by atoms with E-state index in [-0.39, 0.29) is 11.9 Å². The Morgan fingerprint density at radius 2 is 1.44 bits per heavy atom. The van der Waals surface area contributed by atoms with E-state index in [1.54, 1.807) is 19.1 Å². The summed E-state index contributed by atoms with van der Waals surface area (Å²) in [5.41, 5.74) is 2.60. The monoisotopic (exact) mass is 339 g/mol. The smallest absolute Gasteiger partial charge is 0.338 e. The van der Waals surface area contributed by atoms with E-state index in [9.17, 15) is 9.59 Å². The van der Waals surface area contributed by atoms with Gasteiger partial charge < -0.3 is 10.1 Å². The highest BCUT2D eigenvalue weighted by atomic mass is 16.5. The van der Waals surface area contributed by atoms with Crippen LogP contribution in [0.25, 0.3) is 0 Å². The Morgan fingerprint density at radius 1 is 0.840 bits per heavy atom. The van der Waals surface area contributed by atoms with E-state index in [0.717, 1.165) is 11.1 Å². The lowest BCUT2D eigenvalue weighted by atomic mass is 10.0. The molecule has 2 aromatic rings. The number of nitrogens with one attached hydrogen (secondary N) is 1. The molecule has 2 atom stereocenters. The highest BCUT2D eigenvalue weighted by Crippen LogP contribution is 2.16. The molecule has 0 spiro atoms. The summed E-state index contributed by atoms with van der Waals surface area (Å²) in [6.07, 6.45) is -0.858. The molecule has 0 aliphatic carbocycles. The maximum absolute atomic E-state index is 12.2. The molecular formula is C21H25NO3. The van der Waals surface area contributed by atoms with Crippen LogP contribution in [0.5, 0.6) is 0 Å². The first-order chi connectivity index (χ1) is 11.9. The number of esters is 1. The number of ether oxygens (including phenoxy) is 1. The fourth-order valence-corrected chi connectivity index (χ4v) is 2.44. The number of carbonyl (C=O) groups is 2. The van der Waals surface area contributed by atoms with Crippen molar-refractivity contribution in [3.05, 3.63) is 71.3 Å². The number of carbonyl (C=O) groups excluding carboxylic acids is 2. The maximum Gasteiger partial charge on any atom is 0.338 e. The molecule has 0 saturated heterocycles. The first-order valence-corrected chi connectivity index (χ1v) is 8.54. The van der Waals surface area contributed by atoms with E-state index in [4.69, 9.17) is 4.74 Å². The Morgan fingerprint density at radius 3 is 2.00 bits per heavy atom. The molecule has 0 fully saturated rings. The summed E-state index contributed by atoms with van der Waals surface area (Å²) in [6, 6.07) is 16.8. The number of rotatable bonds is 6. The van der Waals surface area contributed by atoms with Crippen LogP contribution < -0.4 is 5.32 Å². The van der Waals surface area contributed by atoms with Crippen LogP contribution in [0.1, 0.15) is 61.1 Å². The summed E-state index contributed by atoms with van der Waals surface area (Å²) >= 11 is 0. The highest BCUT2D eigenvalue weighted by molar-refractivity contribution is 5.92. The second-order valence-corrected chi connectivity index (χ2v) is 6.47. The van der Waals surface area contributed by atoms with Crippen LogP contribution in [-0.4, -0.2) is 18.0 Å². The lowest BCUT2D eigenvalue weighted by Crippen LogP contribution is -2.37. The van der Waals surface area contributed by atoms with Crippen molar-refractivity contribution in [1.82, 2.24) is 5.32 Å².